The Morgan fingerprint density at radius 2 is 1.81 bits per heavy atom. The Bertz CT molecular complexity index is 1420. The summed E-state index contributed by atoms with van der Waals surface area (Å²) in [5.41, 5.74) is 10.7. The van der Waals surface area contributed by atoms with E-state index in [1.807, 2.05) is 59.0 Å². The second-order valence-corrected chi connectivity index (χ2v) is 9.00. The number of benzene rings is 2. The highest BCUT2D eigenvalue weighted by Crippen LogP contribution is 2.31. The molecule has 0 radical (unpaired) electrons. The lowest BCUT2D eigenvalue weighted by atomic mass is 10.2. The van der Waals surface area contributed by atoms with E-state index >= 15 is 0 Å². The Hall–Kier alpha value is -4.31. The number of methoxy groups -OCH3 is 2. The van der Waals surface area contributed by atoms with Gasteiger partial charge in [0, 0.05) is 36.6 Å². The van der Waals surface area contributed by atoms with Gasteiger partial charge >= 0.3 is 0 Å². The third-order valence-corrected chi connectivity index (χ3v) is 6.45. The van der Waals surface area contributed by atoms with Crippen molar-refractivity contribution >= 4 is 28.6 Å². The van der Waals surface area contributed by atoms with Gasteiger partial charge in [0.25, 0.3) is 0 Å². The number of pyridine rings is 1. The molecule has 0 bridgehead atoms. The number of nitrogens with two attached hydrogens (primary N) is 1. The highest BCUT2D eigenvalue weighted by molar-refractivity contribution is 5.97. The summed E-state index contributed by atoms with van der Waals surface area (Å²) in [5, 5.41) is 0. The number of carbonyl (C=O) groups is 1. The van der Waals surface area contributed by atoms with Crippen molar-refractivity contribution in [2.45, 2.75) is 13.2 Å². The molecule has 2 aromatic carbocycles. The Morgan fingerprint density at radius 1 is 0.973 bits per heavy atom. The van der Waals surface area contributed by atoms with Crippen LogP contribution in [0.1, 0.15) is 11.1 Å². The Balaban J connectivity index is 1.33. The maximum Gasteiger partial charge on any atom is 0.241 e. The van der Waals surface area contributed by atoms with Crippen LogP contribution in [0.25, 0.3) is 11.0 Å². The van der Waals surface area contributed by atoms with Crippen LogP contribution in [0.3, 0.4) is 0 Å². The molecule has 1 amide bonds. The van der Waals surface area contributed by atoms with E-state index in [1.54, 1.807) is 31.4 Å². The molecule has 0 spiro atoms. The number of carbonyl (C=O) groups excluding carboxylic acids is 1. The lowest BCUT2D eigenvalue weighted by molar-refractivity contribution is -0.120. The van der Waals surface area contributed by atoms with Gasteiger partial charge in [0.05, 0.1) is 38.3 Å². The summed E-state index contributed by atoms with van der Waals surface area (Å²) in [7, 11) is 5.15. The number of rotatable bonds is 8. The van der Waals surface area contributed by atoms with E-state index < -0.39 is 0 Å². The number of fused-ring (bicyclic) bond motifs is 1. The monoisotopic (exact) mass is 502 g/mol. The van der Waals surface area contributed by atoms with Crippen LogP contribution in [-0.2, 0) is 17.9 Å². The zero-order valence-corrected chi connectivity index (χ0v) is 21.2. The summed E-state index contributed by atoms with van der Waals surface area (Å²) >= 11 is 0. The fraction of sp³-hybridized carbons (Fsp3) is 0.296. The van der Waals surface area contributed by atoms with Crippen LogP contribution in [-0.4, -0.2) is 66.2 Å². The number of hydrogen-bond donors (Lipinski definition) is 1. The van der Waals surface area contributed by atoms with Crippen LogP contribution in [0.15, 0.2) is 54.7 Å². The van der Waals surface area contributed by atoms with Crippen molar-refractivity contribution in [2.24, 2.45) is 0 Å². The molecule has 0 aliphatic carbocycles. The first kappa shape index (κ1) is 24.4. The summed E-state index contributed by atoms with van der Waals surface area (Å²) in [6.45, 7) is 2.75. The van der Waals surface area contributed by atoms with Crippen LogP contribution in [0.4, 0.5) is 11.6 Å². The first-order valence-electron chi connectivity index (χ1n) is 12.0. The number of anilines is 2. The van der Waals surface area contributed by atoms with E-state index in [4.69, 9.17) is 19.9 Å². The maximum absolute atomic E-state index is 12.5. The van der Waals surface area contributed by atoms with Crippen LogP contribution in [0, 0.1) is 0 Å². The number of ether oxygens (including phenoxy) is 3. The number of hydrogen-bond acceptors (Lipinski definition) is 8. The van der Waals surface area contributed by atoms with Crippen LogP contribution >= 0.6 is 0 Å². The maximum atomic E-state index is 12.5. The van der Waals surface area contributed by atoms with Gasteiger partial charge in [-0.3, -0.25) is 9.69 Å². The molecule has 0 unspecified atom stereocenters. The Morgan fingerprint density at radius 3 is 2.54 bits per heavy atom. The number of piperazine rings is 1. The second-order valence-electron chi connectivity index (χ2n) is 9.00. The van der Waals surface area contributed by atoms with E-state index in [1.165, 1.54) is 0 Å². The van der Waals surface area contributed by atoms with Gasteiger partial charge < -0.3 is 29.4 Å². The van der Waals surface area contributed by atoms with Crippen molar-refractivity contribution in [3.05, 3.63) is 65.9 Å². The van der Waals surface area contributed by atoms with Gasteiger partial charge in [0.2, 0.25) is 17.7 Å². The standard InChI is InChI=1S/C27H30N6O4/c1-31-10-11-32(26(34)16-31)20-6-7-22-21(13-20)30-27(28)33(22)15-18-4-8-23(24(12-18)35-2)37-17-19-5-9-25(36-3)29-14-19/h4-9,12-14H,10-11,15-17H2,1-3H3,(H2,28,30). The fourth-order valence-corrected chi connectivity index (χ4v) is 4.42. The molecule has 10 nitrogen and oxygen atoms in total. The lowest BCUT2D eigenvalue weighted by Gasteiger charge is -2.32. The zero-order valence-electron chi connectivity index (χ0n) is 21.2. The average molecular weight is 503 g/mol. The molecule has 1 fully saturated rings. The third-order valence-electron chi connectivity index (χ3n) is 6.45. The van der Waals surface area contributed by atoms with E-state index in [0.717, 1.165) is 34.4 Å². The SMILES string of the molecule is COc1ccc(COc2ccc(Cn3c(N)nc4cc(N5CCN(C)CC5=O)ccc43)cc2OC)cn1. The summed E-state index contributed by atoms with van der Waals surface area (Å²) in [6.07, 6.45) is 1.72. The van der Waals surface area contributed by atoms with E-state index in [-0.39, 0.29) is 5.91 Å². The largest absolute Gasteiger partial charge is 0.493 e. The van der Waals surface area contributed by atoms with Gasteiger partial charge in [-0.05, 0) is 49.0 Å². The molecule has 1 aliphatic rings. The topological polar surface area (TPSA) is 108 Å². The number of nitrogen functional groups attached to an aromatic ring is 1. The van der Waals surface area contributed by atoms with Gasteiger partial charge in [0.15, 0.2) is 11.5 Å². The minimum absolute atomic E-state index is 0.0816. The van der Waals surface area contributed by atoms with Crippen LogP contribution < -0.4 is 24.8 Å². The number of nitrogens with zero attached hydrogens (tertiary/aromatic N) is 5. The molecule has 0 atom stereocenters. The van der Waals surface area contributed by atoms with Crippen molar-refractivity contribution < 1.29 is 19.0 Å². The molecule has 5 rings (SSSR count). The molecule has 1 saturated heterocycles. The van der Waals surface area contributed by atoms with Crippen LogP contribution in [0.2, 0.25) is 0 Å². The Labute approximate surface area is 215 Å². The van der Waals surface area contributed by atoms with Gasteiger partial charge in [0.1, 0.15) is 6.61 Å². The summed E-state index contributed by atoms with van der Waals surface area (Å²) in [4.78, 5) is 25.1. The highest BCUT2D eigenvalue weighted by Gasteiger charge is 2.23. The van der Waals surface area contributed by atoms with Gasteiger partial charge in [-0.1, -0.05) is 6.07 Å². The van der Waals surface area contributed by atoms with E-state index in [2.05, 4.69) is 9.97 Å². The molecule has 2 aromatic heterocycles. The molecule has 2 N–H and O–H groups in total. The Kier molecular flexibility index (Phi) is 6.82. The van der Waals surface area contributed by atoms with Crippen molar-refractivity contribution in [3.8, 4) is 17.4 Å². The molecule has 10 heteroatoms. The summed E-state index contributed by atoms with van der Waals surface area (Å²) in [5.74, 6) is 2.30. The summed E-state index contributed by atoms with van der Waals surface area (Å²) in [6, 6.07) is 15.4. The zero-order chi connectivity index (χ0) is 25.9. The first-order valence-corrected chi connectivity index (χ1v) is 12.0. The molecule has 1 aliphatic heterocycles. The molecule has 0 saturated carbocycles. The second kappa shape index (κ2) is 10.4. The first-order chi connectivity index (χ1) is 17.9. The lowest BCUT2D eigenvalue weighted by Crippen LogP contribution is -2.48. The molecular formula is C27H30N6O4. The third kappa shape index (κ3) is 5.14. The smallest absolute Gasteiger partial charge is 0.241 e. The fourth-order valence-electron chi connectivity index (χ4n) is 4.42. The van der Waals surface area contributed by atoms with Gasteiger partial charge in [-0.15, -0.1) is 0 Å². The predicted octanol–water partition coefficient (Wildman–Crippen LogP) is 2.94. The average Bonchev–Trinajstić information content (AvgIpc) is 3.21. The number of amides is 1. The summed E-state index contributed by atoms with van der Waals surface area (Å²) < 4.78 is 18.6. The van der Waals surface area contributed by atoms with E-state index in [9.17, 15) is 4.79 Å². The van der Waals surface area contributed by atoms with E-state index in [0.29, 0.717) is 49.6 Å². The minimum Gasteiger partial charge on any atom is -0.493 e. The highest BCUT2D eigenvalue weighted by atomic mass is 16.5. The number of likely N-dealkylation sites (N-methyl/N-ethyl adjacent to an activating group) is 1. The van der Waals surface area contributed by atoms with Crippen LogP contribution in [0.5, 0.6) is 17.4 Å². The van der Waals surface area contributed by atoms with Crippen molar-refractivity contribution in [2.75, 3.05) is 51.5 Å². The quantitative estimate of drug-likeness (QED) is 0.392. The normalized spacial score (nSPS) is 14.2. The van der Waals surface area contributed by atoms with Gasteiger partial charge in [-0.25, -0.2) is 9.97 Å². The molecular weight excluding hydrogens is 472 g/mol. The van der Waals surface area contributed by atoms with Crippen molar-refractivity contribution in [1.82, 2.24) is 19.4 Å². The van der Waals surface area contributed by atoms with Crippen molar-refractivity contribution in [1.29, 1.82) is 0 Å². The minimum atomic E-state index is 0.0816. The molecule has 192 valence electrons. The van der Waals surface area contributed by atoms with Crippen molar-refractivity contribution in [3.63, 3.8) is 0 Å². The molecule has 4 aromatic rings. The predicted molar refractivity (Wildman–Crippen MR) is 141 cm³/mol. The number of aromatic nitrogens is 3. The number of imidazole rings is 1. The van der Waals surface area contributed by atoms with Gasteiger partial charge in [-0.2, -0.15) is 0 Å². The molecule has 3 heterocycles. The molecule has 37 heavy (non-hydrogen) atoms.